The maximum atomic E-state index is 14.8. The molecule has 0 saturated carbocycles. The second-order valence-corrected chi connectivity index (χ2v) is 8.28. The fraction of sp³-hybridized carbons (Fsp3) is 0.238. The number of nitrogens with zero attached hydrogens (tertiary/aromatic N) is 2. The number of hydrogen-bond donors (Lipinski definition) is 2. The molecule has 2 saturated heterocycles. The molecule has 0 bridgehead atoms. The number of aliphatic hydroxyl groups is 1. The van der Waals surface area contributed by atoms with E-state index in [1.807, 2.05) is 4.90 Å². The van der Waals surface area contributed by atoms with Crippen molar-refractivity contribution < 1.29 is 23.5 Å². The number of halogens is 2. The van der Waals surface area contributed by atoms with E-state index in [1.54, 1.807) is 36.2 Å². The van der Waals surface area contributed by atoms with Gasteiger partial charge in [0.25, 0.3) is 5.91 Å². The molecule has 0 radical (unpaired) electrons. The molecule has 2 aliphatic heterocycles. The second-order valence-electron chi connectivity index (χ2n) is 7.20. The van der Waals surface area contributed by atoms with Crippen LogP contribution in [-0.2, 0) is 9.63 Å². The van der Waals surface area contributed by atoms with Crippen molar-refractivity contribution in [2.24, 2.45) is 0 Å². The SMILES string of the molecule is O=C1NOC2(O)C=CC(c3ccc(F)cc3F)=C(c3ccccn3)C12N1CCSC1. The summed E-state index contributed by atoms with van der Waals surface area (Å²) in [7, 11) is 0. The zero-order valence-corrected chi connectivity index (χ0v) is 16.5. The highest BCUT2D eigenvalue weighted by Gasteiger charge is 2.69. The van der Waals surface area contributed by atoms with E-state index >= 15 is 0 Å². The number of aromatic nitrogens is 1. The van der Waals surface area contributed by atoms with Crippen molar-refractivity contribution in [1.82, 2.24) is 15.4 Å². The molecular weight excluding hydrogens is 412 g/mol. The first-order chi connectivity index (χ1) is 14.5. The van der Waals surface area contributed by atoms with E-state index in [-0.39, 0.29) is 5.56 Å². The highest BCUT2D eigenvalue weighted by Crippen LogP contribution is 2.52. The van der Waals surface area contributed by atoms with Crippen LogP contribution in [0, 0.1) is 11.6 Å². The van der Waals surface area contributed by atoms with Crippen LogP contribution in [0.3, 0.4) is 0 Å². The molecule has 154 valence electrons. The fourth-order valence-corrected chi connectivity index (χ4v) is 5.35. The molecule has 30 heavy (non-hydrogen) atoms. The Hall–Kier alpha value is -2.59. The molecule has 1 aromatic carbocycles. The maximum Gasteiger partial charge on any atom is 0.275 e. The van der Waals surface area contributed by atoms with Crippen molar-refractivity contribution in [3.8, 4) is 0 Å². The fourth-order valence-electron chi connectivity index (χ4n) is 4.33. The van der Waals surface area contributed by atoms with Gasteiger partial charge in [-0.15, -0.1) is 11.8 Å². The smallest absolute Gasteiger partial charge is 0.275 e. The molecule has 5 rings (SSSR count). The number of hydroxylamine groups is 1. The van der Waals surface area contributed by atoms with Gasteiger partial charge >= 0.3 is 0 Å². The Morgan fingerprint density at radius 1 is 1.27 bits per heavy atom. The van der Waals surface area contributed by atoms with Gasteiger partial charge in [0.1, 0.15) is 11.6 Å². The number of carbonyl (C=O) groups excluding carboxylic acids is 1. The third-order valence-corrected chi connectivity index (χ3v) is 6.59. The van der Waals surface area contributed by atoms with Gasteiger partial charge in [-0.2, -0.15) is 0 Å². The van der Waals surface area contributed by atoms with Crippen LogP contribution >= 0.6 is 11.8 Å². The molecular formula is C21H17F2N3O3S. The molecule has 1 aliphatic carbocycles. The Balaban J connectivity index is 1.87. The zero-order chi connectivity index (χ0) is 20.9. The second kappa shape index (κ2) is 6.98. The summed E-state index contributed by atoms with van der Waals surface area (Å²) in [4.78, 5) is 24.9. The Morgan fingerprint density at radius 3 is 2.83 bits per heavy atom. The third kappa shape index (κ3) is 2.59. The Labute approximate surface area is 175 Å². The number of benzene rings is 1. The van der Waals surface area contributed by atoms with Crippen molar-refractivity contribution in [2.75, 3.05) is 18.2 Å². The standard InChI is InChI=1S/C21H17F2N3O3S/c22-13-4-5-14(16(23)11-13)15-6-7-20(28)21(19(27)25-29-20,26-9-10-30-12-26)18(15)17-3-1-2-8-24-17/h1-8,11,28H,9-10,12H2,(H,25,27). The first kappa shape index (κ1) is 19.4. The predicted molar refractivity (Wildman–Crippen MR) is 107 cm³/mol. The van der Waals surface area contributed by atoms with E-state index in [0.29, 0.717) is 29.3 Å². The van der Waals surface area contributed by atoms with Crippen LogP contribution < -0.4 is 5.48 Å². The van der Waals surface area contributed by atoms with Crippen LogP contribution in [0.4, 0.5) is 8.78 Å². The summed E-state index contributed by atoms with van der Waals surface area (Å²) in [6, 6.07) is 8.41. The lowest BCUT2D eigenvalue weighted by atomic mass is 9.71. The van der Waals surface area contributed by atoms with E-state index in [9.17, 15) is 18.7 Å². The van der Waals surface area contributed by atoms with E-state index < -0.39 is 28.9 Å². The number of carbonyl (C=O) groups is 1. The first-order valence-corrected chi connectivity index (χ1v) is 10.5. The van der Waals surface area contributed by atoms with Crippen LogP contribution in [0.1, 0.15) is 11.3 Å². The van der Waals surface area contributed by atoms with Crippen molar-refractivity contribution in [2.45, 2.75) is 11.3 Å². The molecule has 2 fully saturated rings. The normalized spacial score (nSPS) is 28.7. The number of rotatable bonds is 3. The van der Waals surface area contributed by atoms with Gasteiger partial charge < -0.3 is 5.11 Å². The monoisotopic (exact) mass is 429 g/mol. The molecule has 1 aromatic heterocycles. The van der Waals surface area contributed by atoms with Crippen LogP contribution in [0.2, 0.25) is 0 Å². The minimum absolute atomic E-state index is 0.0984. The number of pyridine rings is 1. The highest BCUT2D eigenvalue weighted by atomic mass is 32.2. The number of amides is 1. The predicted octanol–water partition coefficient (Wildman–Crippen LogP) is 2.34. The lowest BCUT2D eigenvalue weighted by Crippen LogP contribution is -2.65. The molecule has 2 N–H and O–H groups in total. The largest absolute Gasteiger partial charge is 0.359 e. The van der Waals surface area contributed by atoms with Crippen LogP contribution in [0.15, 0.2) is 54.7 Å². The summed E-state index contributed by atoms with van der Waals surface area (Å²) >= 11 is 1.61. The summed E-state index contributed by atoms with van der Waals surface area (Å²) in [6.07, 6.45) is 4.37. The van der Waals surface area contributed by atoms with Gasteiger partial charge in [-0.3, -0.25) is 14.7 Å². The number of nitrogens with one attached hydrogen (secondary N) is 1. The first-order valence-electron chi connectivity index (χ1n) is 9.32. The number of hydrogen-bond acceptors (Lipinski definition) is 6. The van der Waals surface area contributed by atoms with Gasteiger partial charge in [-0.25, -0.2) is 19.1 Å². The van der Waals surface area contributed by atoms with Crippen molar-refractivity contribution in [3.05, 3.63) is 77.6 Å². The van der Waals surface area contributed by atoms with E-state index in [4.69, 9.17) is 4.84 Å². The van der Waals surface area contributed by atoms with Crippen LogP contribution in [0.5, 0.6) is 0 Å². The minimum Gasteiger partial charge on any atom is -0.359 e. The summed E-state index contributed by atoms with van der Waals surface area (Å²) in [6.45, 7) is 0.507. The van der Waals surface area contributed by atoms with Gasteiger partial charge in [0.05, 0.1) is 5.69 Å². The molecule has 2 aromatic rings. The summed E-state index contributed by atoms with van der Waals surface area (Å²) in [5, 5.41) is 11.4. The quantitative estimate of drug-likeness (QED) is 0.780. The van der Waals surface area contributed by atoms with E-state index in [2.05, 4.69) is 10.5 Å². The van der Waals surface area contributed by atoms with Gasteiger partial charge in [0, 0.05) is 41.6 Å². The summed E-state index contributed by atoms with van der Waals surface area (Å²) in [5.74, 6) is -2.87. The van der Waals surface area contributed by atoms with Gasteiger partial charge in [-0.1, -0.05) is 12.1 Å². The van der Waals surface area contributed by atoms with E-state index in [0.717, 1.165) is 17.9 Å². The Bertz CT molecular complexity index is 1090. The topological polar surface area (TPSA) is 74.7 Å². The molecule has 1 amide bonds. The zero-order valence-electron chi connectivity index (χ0n) is 15.6. The Morgan fingerprint density at radius 2 is 2.13 bits per heavy atom. The average molecular weight is 429 g/mol. The third-order valence-electron chi connectivity index (χ3n) is 5.62. The van der Waals surface area contributed by atoms with E-state index in [1.165, 1.54) is 18.2 Å². The Kier molecular flexibility index (Phi) is 4.51. The maximum absolute atomic E-state index is 14.8. The van der Waals surface area contributed by atoms with Gasteiger partial charge in [0.2, 0.25) is 5.79 Å². The van der Waals surface area contributed by atoms with Gasteiger partial charge in [0.15, 0.2) is 5.54 Å². The summed E-state index contributed by atoms with van der Waals surface area (Å²) < 4.78 is 28.4. The highest BCUT2D eigenvalue weighted by molar-refractivity contribution is 7.99. The number of thioether (sulfide) groups is 1. The average Bonchev–Trinajstić information content (AvgIpc) is 3.36. The number of allylic oxidation sites excluding steroid dienone is 2. The van der Waals surface area contributed by atoms with Crippen LogP contribution in [0.25, 0.3) is 11.1 Å². The molecule has 3 heterocycles. The number of fused-ring (bicyclic) bond motifs is 1. The van der Waals surface area contributed by atoms with Crippen molar-refractivity contribution >= 4 is 28.8 Å². The molecule has 3 aliphatic rings. The summed E-state index contributed by atoms with van der Waals surface area (Å²) in [5.41, 5.74) is 1.74. The lowest BCUT2D eigenvalue weighted by molar-refractivity contribution is -0.200. The molecule has 0 spiro atoms. The lowest BCUT2D eigenvalue weighted by Gasteiger charge is -2.45. The van der Waals surface area contributed by atoms with Crippen LogP contribution in [-0.4, -0.2) is 50.4 Å². The molecule has 2 unspecified atom stereocenters. The van der Waals surface area contributed by atoms with Crippen molar-refractivity contribution in [1.29, 1.82) is 0 Å². The van der Waals surface area contributed by atoms with Crippen molar-refractivity contribution in [3.63, 3.8) is 0 Å². The molecule has 2 atom stereocenters. The molecule has 9 heteroatoms. The van der Waals surface area contributed by atoms with Gasteiger partial charge in [-0.05, 0) is 35.9 Å². The minimum atomic E-state index is -2.03. The molecule has 6 nitrogen and oxygen atoms in total.